The fraction of sp³-hybridized carbons (Fsp3) is 0.429. The molecule has 0 aliphatic rings. The number of nitrogens with two attached hydrogens (primary N) is 1. The average molecular weight is 263 g/mol. The van der Waals surface area contributed by atoms with Crippen LogP contribution in [0.2, 0.25) is 0 Å². The number of nitrogens with one attached hydrogen (secondary N) is 1. The quantitative estimate of drug-likeness (QED) is 0.810. The minimum absolute atomic E-state index is 0.0804. The predicted octanol–water partition coefficient (Wildman–Crippen LogP) is 1.21. The Labute approximate surface area is 113 Å². The van der Waals surface area contributed by atoms with Crippen LogP contribution in [0.3, 0.4) is 0 Å². The minimum Gasteiger partial charge on any atom is -0.330 e. The first-order valence-electron chi connectivity index (χ1n) is 6.45. The van der Waals surface area contributed by atoms with Crippen molar-refractivity contribution in [2.24, 2.45) is 5.73 Å². The van der Waals surface area contributed by atoms with E-state index < -0.39 is 6.04 Å². The highest BCUT2D eigenvalue weighted by atomic mass is 16.2. The van der Waals surface area contributed by atoms with Crippen molar-refractivity contribution >= 4 is 17.5 Å². The number of carbonyl (C=O) groups excluding carboxylic acids is 2. The van der Waals surface area contributed by atoms with Crippen molar-refractivity contribution in [3.8, 4) is 0 Å². The van der Waals surface area contributed by atoms with Gasteiger partial charge in [0.1, 0.15) is 6.04 Å². The van der Waals surface area contributed by atoms with Gasteiger partial charge in [-0.15, -0.1) is 0 Å². The third-order valence-electron chi connectivity index (χ3n) is 2.85. The van der Waals surface area contributed by atoms with Crippen LogP contribution in [0.25, 0.3) is 0 Å². The highest BCUT2D eigenvalue weighted by molar-refractivity contribution is 5.97. The van der Waals surface area contributed by atoms with E-state index in [0.717, 1.165) is 12.1 Å². The molecule has 1 aromatic rings. The van der Waals surface area contributed by atoms with Gasteiger partial charge < -0.3 is 16.0 Å². The smallest absolute Gasteiger partial charge is 0.246 e. The number of anilines is 1. The first-order chi connectivity index (χ1) is 9.10. The van der Waals surface area contributed by atoms with E-state index in [-0.39, 0.29) is 18.4 Å². The second-order valence-corrected chi connectivity index (χ2v) is 4.32. The molecule has 104 valence electrons. The van der Waals surface area contributed by atoms with Crippen LogP contribution in [-0.2, 0) is 9.59 Å². The molecule has 19 heavy (non-hydrogen) atoms. The first kappa shape index (κ1) is 15.2. The van der Waals surface area contributed by atoms with Gasteiger partial charge in [-0.25, -0.2) is 0 Å². The number of nitrogens with zero attached hydrogens (tertiary/aromatic N) is 1. The Morgan fingerprint density at radius 1 is 1.32 bits per heavy atom. The molecule has 0 saturated heterocycles. The number of amides is 2. The predicted molar refractivity (Wildman–Crippen MR) is 75.6 cm³/mol. The first-order valence-corrected chi connectivity index (χ1v) is 6.45. The molecule has 0 fully saturated rings. The van der Waals surface area contributed by atoms with E-state index in [1.807, 2.05) is 25.1 Å². The zero-order chi connectivity index (χ0) is 14.3. The molecule has 1 aromatic carbocycles. The average Bonchev–Trinajstić information content (AvgIpc) is 2.44. The molecule has 1 rings (SSSR count). The lowest BCUT2D eigenvalue weighted by atomic mass is 10.2. The van der Waals surface area contributed by atoms with E-state index in [9.17, 15) is 9.59 Å². The Bertz CT molecular complexity index is 420. The van der Waals surface area contributed by atoms with Crippen molar-refractivity contribution in [1.29, 1.82) is 0 Å². The Kier molecular flexibility index (Phi) is 6.02. The van der Waals surface area contributed by atoms with Gasteiger partial charge in [-0.1, -0.05) is 25.1 Å². The van der Waals surface area contributed by atoms with E-state index in [1.165, 1.54) is 4.90 Å². The van der Waals surface area contributed by atoms with Gasteiger partial charge in [-0.3, -0.25) is 9.59 Å². The molecule has 1 unspecified atom stereocenters. The Morgan fingerprint density at radius 2 is 1.95 bits per heavy atom. The summed E-state index contributed by atoms with van der Waals surface area (Å²) in [4.78, 5) is 25.3. The van der Waals surface area contributed by atoms with Gasteiger partial charge in [0.05, 0.1) is 6.54 Å². The number of para-hydroxylation sites is 1. The summed E-state index contributed by atoms with van der Waals surface area (Å²) in [6, 6.07) is 8.64. The summed E-state index contributed by atoms with van der Waals surface area (Å²) in [7, 11) is 0. The minimum atomic E-state index is -0.531. The molecule has 0 saturated carbocycles. The van der Waals surface area contributed by atoms with Gasteiger partial charge in [0.25, 0.3) is 0 Å². The lowest BCUT2D eigenvalue weighted by Gasteiger charge is -2.27. The molecule has 0 aromatic heterocycles. The fourth-order valence-corrected chi connectivity index (χ4v) is 1.80. The second kappa shape index (κ2) is 7.53. The highest BCUT2D eigenvalue weighted by Gasteiger charge is 2.24. The standard InChI is InChI=1S/C14H21N3O2/c1-3-9-17(13(18)10-15)11(2)14(19)16-12-7-5-4-6-8-12/h4-8,11H,3,9-10,15H2,1-2H3,(H,16,19). The van der Waals surface area contributed by atoms with Crippen LogP contribution in [-0.4, -0.2) is 35.8 Å². The molecule has 0 spiro atoms. The normalized spacial score (nSPS) is 11.7. The topological polar surface area (TPSA) is 75.4 Å². The number of hydrogen-bond acceptors (Lipinski definition) is 3. The van der Waals surface area contributed by atoms with E-state index >= 15 is 0 Å². The summed E-state index contributed by atoms with van der Waals surface area (Å²) < 4.78 is 0. The van der Waals surface area contributed by atoms with Crippen LogP contribution in [0.4, 0.5) is 5.69 Å². The molecule has 3 N–H and O–H groups in total. The van der Waals surface area contributed by atoms with Crippen molar-refractivity contribution < 1.29 is 9.59 Å². The van der Waals surface area contributed by atoms with Crippen LogP contribution < -0.4 is 11.1 Å². The van der Waals surface area contributed by atoms with Crippen LogP contribution in [0.5, 0.6) is 0 Å². The molecule has 5 heteroatoms. The van der Waals surface area contributed by atoms with Crippen LogP contribution in [0.1, 0.15) is 20.3 Å². The van der Waals surface area contributed by atoms with Crippen LogP contribution in [0.15, 0.2) is 30.3 Å². The zero-order valence-corrected chi connectivity index (χ0v) is 11.4. The molecular weight excluding hydrogens is 242 g/mol. The monoisotopic (exact) mass is 263 g/mol. The summed E-state index contributed by atoms with van der Waals surface area (Å²) in [5.74, 6) is -0.418. The third-order valence-corrected chi connectivity index (χ3v) is 2.85. The largest absolute Gasteiger partial charge is 0.330 e. The fourth-order valence-electron chi connectivity index (χ4n) is 1.80. The maximum atomic E-state index is 12.1. The van der Waals surface area contributed by atoms with Crippen LogP contribution in [0, 0.1) is 0 Å². The van der Waals surface area contributed by atoms with Gasteiger partial charge in [0.2, 0.25) is 11.8 Å². The van der Waals surface area contributed by atoms with Gasteiger partial charge in [-0.2, -0.15) is 0 Å². The molecule has 2 amide bonds. The van der Waals surface area contributed by atoms with Crippen molar-refractivity contribution in [2.45, 2.75) is 26.3 Å². The van der Waals surface area contributed by atoms with E-state index in [1.54, 1.807) is 19.1 Å². The molecular formula is C14H21N3O2. The van der Waals surface area contributed by atoms with Crippen LogP contribution >= 0.6 is 0 Å². The summed E-state index contributed by atoms with van der Waals surface area (Å²) in [5, 5.41) is 2.79. The third kappa shape index (κ3) is 4.37. The summed E-state index contributed by atoms with van der Waals surface area (Å²) in [6.45, 7) is 4.11. The van der Waals surface area contributed by atoms with E-state index in [4.69, 9.17) is 5.73 Å². The molecule has 1 atom stereocenters. The van der Waals surface area contributed by atoms with Crippen molar-refractivity contribution in [3.63, 3.8) is 0 Å². The van der Waals surface area contributed by atoms with Gasteiger partial charge in [0, 0.05) is 12.2 Å². The molecule has 5 nitrogen and oxygen atoms in total. The van der Waals surface area contributed by atoms with Crippen molar-refractivity contribution in [3.05, 3.63) is 30.3 Å². The maximum absolute atomic E-state index is 12.1. The number of benzene rings is 1. The lowest BCUT2D eigenvalue weighted by Crippen LogP contribution is -2.48. The summed E-state index contributed by atoms with van der Waals surface area (Å²) in [5.41, 5.74) is 6.09. The summed E-state index contributed by atoms with van der Waals surface area (Å²) >= 11 is 0. The Morgan fingerprint density at radius 3 is 2.47 bits per heavy atom. The lowest BCUT2D eigenvalue weighted by molar-refractivity contribution is -0.136. The molecule has 0 aliphatic carbocycles. The maximum Gasteiger partial charge on any atom is 0.246 e. The van der Waals surface area contributed by atoms with E-state index in [2.05, 4.69) is 5.32 Å². The summed E-state index contributed by atoms with van der Waals surface area (Å²) in [6.07, 6.45) is 0.786. The number of rotatable bonds is 6. The Balaban J connectivity index is 2.70. The van der Waals surface area contributed by atoms with Gasteiger partial charge >= 0.3 is 0 Å². The van der Waals surface area contributed by atoms with Gasteiger partial charge in [-0.05, 0) is 25.5 Å². The second-order valence-electron chi connectivity index (χ2n) is 4.32. The molecule has 0 radical (unpaired) electrons. The number of hydrogen-bond donors (Lipinski definition) is 2. The Hall–Kier alpha value is -1.88. The zero-order valence-electron chi connectivity index (χ0n) is 11.4. The molecule has 0 aliphatic heterocycles. The highest BCUT2D eigenvalue weighted by Crippen LogP contribution is 2.08. The SMILES string of the molecule is CCCN(C(=O)CN)C(C)C(=O)Nc1ccccc1. The molecule has 0 heterocycles. The van der Waals surface area contributed by atoms with E-state index in [0.29, 0.717) is 6.54 Å². The number of carbonyl (C=O) groups is 2. The van der Waals surface area contributed by atoms with Crippen molar-refractivity contribution in [2.75, 3.05) is 18.4 Å². The van der Waals surface area contributed by atoms with Gasteiger partial charge in [0.15, 0.2) is 0 Å². The van der Waals surface area contributed by atoms with Crippen molar-refractivity contribution in [1.82, 2.24) is 4.90 Å². The molecule has 0 bridgehead atoms.